The molecule has 0 bridgehead atoms. The molecule has 0 radical (unpaired) electrons. The van der Waals surface area contributed by atoms with E-state index in [0.29, 0.717) is 18.2 Å². The molecule has 5 heteroatoms. The van der Waals surface area contributed by atoms with E-state index < -0.39 is 0 Å². The van der Waals surface area contributed by atoms with E-state index in [2.05, 4.69) is 60.5 Å². The molecule has 2 rings (SSSR count). The first kappa shape index (κ1) is 21.4. The van der Waals surface area contributed by atoms with Crippen molar-refractivity contribution in [3.63, 3.8) is 0 Å². The molecular formula is C22H30BrN3O. The van der Waals surface area contributed by atoms with Crippen LogP contribution in [0, 0.1) is 0 Å². The number of aryl methyl sites for hydroxylation is 1. The van der Waals surface area contributed by atoms with Gasteiger partial charge in [-0.1, -0.05) is 64.2 Å². The Kier molecular flexibility index (Phi) is 7.84. The SMILES string of the molecule is C=C/C=C(/CC)C/C=C(/Br)C(=C)N1C(=O)Cn2c1nc(CC)c2CCCC. The van der Waals surface area contributed by atoms with Crippen molar-refractivity contribution in [3.05, 3.63) is 58.5 Å². The summed E-state index contributed by atoms with van der Waals surface area (Å²) in [6, 6.07) is 0. The third kappa shape index (κ3) is 4.70. The number of hydrogen-bond acceptors (Lipinski definition) is 2. The van der Waals surface area contributed by atoms with Crippen molar-refractivity contribution in [1.29, 1.82) is 0 Å². The summed E-state index contributed by atoms with van der Waals surface area (Å²) in [7, 11) is 0. The molecule has 2 heterocycles. The number of halogens is 1. The molecular weight excluding hydrogens is 402 g/mol. The zero-order valence-corrected chi connectivity index (χ0v) is 18.3. The molecule has 0 N–H and O–H groups in total. The van der Waals surface area contributed by atoms with E-state index in [0.717, 1.165) is 48.7 Å². The Morgan fingerprint density at radius 3 is 2.67 bits per heavy atom. The van der Waals surface area contributed by atoms with Crippen LogP contribution in [0.15, 0.2) is 47.1 Å². The number of carbonyl (C=O) groups is 1. The van der Waals surface area contributed by atoms with Crippen molar-refractivity contribution in [2.75, 3.05) is 4.90 Å². The second kappa shape index (κ2) is 9.88. The number of nitrogens with zero attached hydrogens (tertiary/aromatic N) is 3. The fourth-order valence-corrected chi connectivity index (χ4v) is 3.64. The number of aromatic nitrogens is 2. The largest absolute Gasteiger partial charge is 0.304 e. The van der Waals surface area contributed by atoms with Crippen molar-refractivity contribution >= 4 is 27.8 Å². The minimum Gasteiger partial charge on any atom is -0.304 e. The number of amides is 1. The third-order valence-corrected chi connectivity index (χ3v) is 5.66. The lowest BCUT2D eigenvalue weighted by Gasteiger charge is -2.17. The van der Waals surface area contributed by atoms with Gasteiger partial charge >= 0.3 is 0 Å². The molecule has 0 atom stereocenters. The van der Waals surface area contributed by atoms with Gasteiger partial charge in [0.15, 0.2) is 0 Å². The van der Waals surface area contributed by atoms with Crippen LogP contribution < -0.4 is 4.90 Å². The maximum absolute atomic E-state index is 12.7. The molecule has 27 heavy (non-hydrogen) atoms. The van der Waals surface area contributed by atoms with Crippen LogP contribution in [0.5, 0.6) is 0 Å². The summed E-state index contributed by atoms with van der Waals surface area (Å²) in [5.74, 6) is 0.723. The molecule has 1 amide bonds. The van der Waals surface area contributed by atoms with Crippen LogP contribution in [-0.4, -0.2) is 15.5 Å². The van der Waals surface area contributed by atoms with Crippen molar-refractivity contribution in [2.45, 2.75) is 65.8 Å². The Morgan fingerprint density at radius 1 is 1.33 bits per heavy atom. The standard InChI is InChI=1S/C22H30BrN3O/c1-6-10-12-20-19(9-4)24-22-25(20)15-21(27)26(22)16(5)18(23)14-13-17(8-3)11-7-2/h7,11,14H,2,5-6,8-10,12-13,15H2,1,3-4H3/b17-11-,18-14+. The van der Waals surface area contributed by atoms with Gasteiger partial charge in [-0.25, -0.2) is 9.88 Å². The van der Waals surface area contributed by atoms with Crippen molar-refractivity contribution in [1.82, 2.24) is 9.55 Å². The molecule has 146 valence electrons. The van der Waals surface area contributed by atoms with Crippen LogP contribution in [0.3, 0.4) is 0 Å². The average molecular weight is 432 g/mol. The summed E-state index contributed by atoms with van der Waals surface area (Å²) in [6.07, 6.45) is 11.7. The van der Waals surface area contributed by atoms with Gasteiger partial charge in [-0.3, -0.25) is 4.79 Å². The lowest BCUT2D eigenvalue weighted by molar-refractivity contribution is -0.117. The van der Waals surface area contributed by atoms with Crippen molar-refractivity contribution < 1.29 is 4.79 Å². The highest BCUT2D eigenvalue weighted by atomic mass is 79.9. The number of anilines is 1. The van der Waals surface area contributed by atoms with Gasteiger partial charge in [0.25, 0.3) is 5.91 Å². The van der Waals surface area contributed by atoms with Crippen LogP contribution in [0.4, 0.5) is 5.95 Å². The monoisotopic (exact) mass is 431 g/mol. The number of rotatable bonds is 10. The maximum atomic E-state index is 12.7. The van der Waals surface area contributed by atoms with Gasteiger partial charge in [-0.2, -0.15) is 0 Å². The van der Waals surface area contributed by atoms with Crippen LogP contribution in [-0.2, 0) is 24.2 Å². The lowest BCUT2D eigenvalue weighted by Crippen LogP contribution is -2.26. The van der Waals surface area contributed by atoms with Crippen LogP contribution in [0.25, 0.3) is 0 Å². The van der Waals surface area contributed by atoms with Gasteiger partial charge in [-0.05, 0) is 48.0 Å². The Labute approximate surface area is 171 Å². The Morgan fingerprint density at radius 2 is 2.07 bits per heavy atom. The molecule has 1 aliphatic rings. The average Bonchev–Trinajstić information content (AvgIpc) is 3.16. The molecule has 1 aromatic heterocycles. The van der Waals surface area contributed by atoms with E-state index in [4.69, 9.17) is 4.98 Å². The maximum Gasteiger partial charge on any atom is 0.253 e. The second-order valence-electron chi connectivity index (χ2n) is 6.69. The Balaban J connectivity index is 2.28. The minimum absolute atomic E-state index is 0.0191. The first-order chi connectivity index (χ1) is 13.0. The highest BCUT2D eigenvalue weighted by Gasteiger charge is 2.34. The third-order valence-electron chi connectivity index (χ3n) is 4.88. The van der Waals surface area contributed by atoms with Crippen LogP contribution in [0.1, 0.15) is 57.8 Å². The van der Waals surface area contributed by atoms with Crippen molar-refractivity contribution in [3.8, 4) is 0 Å². The number of carbonyl (C=O) groups excluding carboxylic acids is 1. The fourth-order valence-electron chi connectivity index (χ4n) is 3.30. The van der Waals surface area contributed by atoms with E-state index in [9.17, 15) is 4.79 Å². The van der Waals surface area contributed by atoms with E-state index in [1.807, 2.05) is 6.08 Å². The molecule has 1 aromatic rings. The van der Waals surface area contributed by atoms with Gasteiger partial charge in [-0.15, -0.1) is 0 Å². The molecule has 0 unspecified atom stereocenters. The molecule has 0 fully saturated rings. The van der Waals surface area contributed by atoms with E-state index >= 15 is 0 Å². The number of imidazole rings is 1. The van der Waals surface area contributed by atoms with Gasteiger partial charge in [0.2, 0.25) is 5.95 Å². The smallest absolute Gasteiger partial charge is 0.253 e. The fraction of sp³-hybridized carbons (Fsp3) is 0.455. The van der Waals surface area contributed by atoms with Crippen LogP contribution in [0.2, 0.25) is 0 Å². The van der Waals surface area contributed by atoms with Gasteiger partial charge < -0.3 is 4.57 Å². The highest BCUT2D eigenvalue weighted by Crippen LogP contribution is 2.33. The predicted molar refractivity (Wildman–Crippen MR) is 117 cm³/mol. The molecule has 0 saturated heterocycles. The zero-order valence-electron chi connectivity index (χ0n) is 16.7. The number of unbranched alkanes of at least 4 members (excludes halogenated alkanes) is 1. The normalized spacial score (nSPS) is 14.7. The summed E-state index contributed by atoms with van der Waals surface area (Å²) in [6.45, 7) is 14.7. The zero-order chi connectivity index (χ0) is 20.0. The van der Waals surface area contributed by atoms with E-state index in [1.54, 1.807) is 11.0 Å². The number of allylic oxidation sites excluding steroid dienone is 5. The summed E-state index contributed by atoms with van der Waals surface area (Å²) in [4.78, 5) is 19.1. The first-order valence-electron chi connectivity index (χ1n) is 9.74. The summed E-state index contributed by atoms with van der Waals surface area (Å²) < 4.78 is 2.89. The molecule has 0 aromatic carbocycles. The topological polar surface area (TPSA) is 38.1 Å². The molecule has 1 aliphatic heterocycles. The molecule has 0 aliphatic carbocycles. The van der Waals surface area contributed by atoms with Gasteiger partial charge in [0.05, 0.1) is 11.4 Å². The summed E-state index contributed by atoms with van der Waals surface area (Å²) in [5, 5.41) is 0. The molecule has 0 spiro atoms. The molecule has 0 saturated carbocycles. The van der Waals surface area contributed by atoms with Gasteiger partial charge in [0, 0.05) is 10.2 Å². The number of fused-ring (bicyclic) bond motifs is 1. The second-order valence-corrected chi connectivity index (χ2v) is 7.55. The van der Waals surface area contributed by atoms with Gasteiger partial charge in [0.1, 0.15) is 6.54 Å². The quantitative estimate of drug-likeness (QED) is 0.436. The first-order valence-corrected chi connectivity index (χ1v) is 10.5. The Bertz CT molecular complexity index is 786. The lowest BCUT2D eigenvalue weighted by atomic mass is 10.1. The highest BCUT2D eigenvalue weighted by molar-refractivity contribution is 9.12. The minimum atomic E-state index is 0.0191. The van der Waals surface area contributed by atoms with E-state index in [-0.39, 0.29) is 5.91 Å². The number of hydrogen-bond donors (Lipinski definition) is 0. The van der Waals surface area contributed by atoms with E-state index in [1.165, 1.54) is 11.3 Å². The predicted octanol–water partition coefficient (Wildman–Crippen LogP) is 5.84. The molecule has 4 nitrogen and oxygen atoms in total. The van der Waals surface area contributed by atoms with Crippen LogP contribution >= 0.6 is 15.9 Å². The Hall–Kier alpha value is -1.88. The van der Waals surface area contributed by atoms with Crippen molar-refractivity contribution in [2.24, 2.45) is 0 Å². The summed E-state index contributed by atoms with van der Waals surface area (Å²) in [5.41, 5.74) is 4.20. The summed E-state index contributed by atoms with van der Waals surface area (Å²) >= 11 is 3.60.